The van der Waals surface area contributed by atoms with E-state index >= 15 is 0 Å². The first-order valence-corrected chi connectivity index (χ1v) is 7.14. The number of hydrogen-bond donors (Lipinski definition) is 2. The molecule has 0 aromatic carbocycles. The van der Waals surface area contributed by atoms with E-state index in [0.717, 1.165) is 19.8 Å². The van der Waals surface area contributed by atoms with Gasteiger partial charge in [-0.3, -0.25) is 9.89 Å². The molecule has 0 bridgehead atoms. The largest absolute Gasteiger partial charge is 0.401 e. The highest BCUT2D eigenvalue weighted by Crippen LogP contribution is 2.25. The average Bonchev–Trinajstić information content (AvgIpc) is 2.77. The minimum atomic E-state index is -4.13. The Hall–Kier alpha value is -0.290. The summed E-state index contributed by atoms with van der Waals surface area (Å²) >= 11 is 0. The lowest BCUT2D eigenvalue weighted by Crippen LogP contribution is -2.52. The summed E-state index contributed by atoms with van der Waals surface area (Å²) in [4.78, 5) is 5.55. The van der Waals surface area contributed by atoms with E-state index in [1.165, 1.54) is 4.90 Å². The summed E-state index contributed by atoms with van der Waals surface area (Å²) in [5.74, 6) is 0.641. The molecule has 0 aliphatic carbocycles. The van der Waals surface area contributed by atoms with Crippen molar-refractivity contribution in [3.8, 4) is 0 Å². The number of guanidine groups is 1. The number of nitrogens with one attached hydrogen (secondary N) is 2. The van der Waals surface area contributed by atoms with Gasteiger partial charge < -0.3 is 15.4 Å². The predicted molar refractivity (Wildman–Crippen MR) is 89.7 cm³/mol. The molecule has 2 rings (SSSR count). The number of aliphatic imine (C=N–C) groups is 1. The zero-order valence-electron chi connectivity index (χ0n) is 12.9. The number of ether oxygens (including phenoxy) is 1. The molecule has 2 heterocycles. The van der Waals surface area contributed by atoms with Crippen molar-refractivity contribution in [2.45, 2.75) is 25.6 Å². The fraction of sp³-hybridized carbons (Fsp3) is 0.923. The standard InChI is InChI=1S/C13H23F3N4O.HI/c1-12(8-21-9-12)6-18-11(17-2)19-10-3-4-20(5-10)7-13(14,15)16;/h10H,3-9H2,1-2H3,(H2,17,18,19);1H. The number of nitrogens with zero attached hydrogens (tertiary/aromatic N) is 2. The van der Waals surface area contributed by atoms with Crippen molar-refractivity contribution in [1.82, 2.24) is 15.5 Å². The SMILES string of the molecule is CN=C(NCC1(C)COC1)NC1CCN(CC(F)(F)F)C1.I. The highest BCUT2D eigenvalue weighted by atomic mass is 127. The zero-order valence-corrected chi connectivity index (χ0v) is 15.2. The van der Waals surface area contributed by atoms with Crippen LogP contribution in [0.1, 0.15) is 13.3 Å². The Kier molecular flexibility index (Phi) is 7.19. The third kappa shape index (κ3) is 6.07. The lowest BCUT2D eigenvalue weighted by atomic mass is 9.89. The van der Waals surface area contributed by atoms with E-state index in [0.29, 0.717) is 25.5 Å². The normalized spacial score (nSPS) is 25.3. The van der Waals surface area contributed by atoms with E-state index in [4.69, 9.17) is 4.74 Å². The Morgan fingerprint density at radius 3 is 2.59 bits per heavy atom. The number of likely N-dealkylation sites (tertiary alicyclic amines) is 1. The summed E-state index contributed by atoms with van der Waals surface area (Å²) in [5.41, 5.74) is 0.121. The Morgan fingerprint density at radius 2 is 2.09 bits per heavy atom. The first kappa shape index (κ1) is 19.8. The minimum Gasteiger partial charge on any atom is -0.380 e. The smallest absolute Gasteiger partial charge is 0.380 e. The molecule has 2 saturated heterocycles. The molecule has 130 valence electrons. The van der Waals surface area contributed by atoms with Crippen LogP contribution in [-0.2, 0) is 4.74 Å². The van der Waals surface area contributed by atoms with Crippen LogP contribution in [0.25, 0.3) is 0 Å². The molecule has 0 spiro atoms. The van der Waals surface area contributed by atoms with Crippen LogP contribution in [0.2, 0.25) is 0 Å². The summed E-state index contributed by atoms with van der Waals surface area (Å²) < 4.78 is 42.2. The summed E-state index contributed by atoms with van der Waals surface area (Å²) in [7, 11) is 1.66. The Balaban J connectivity index is 0.00000242. The average molecular weight is 436 g/mol. The van der Waals surface area contributed by atoms with Crippen molar-refractivity contribution in [3.63, 3.8) is 0 Å². The highest BCUT2D eigenvalue weighted by Gasteiger charge is 2.35. The number of alkyl halides is 3. The number of hydrogen-bond acceptors (Lipinski definition) is 3. The summed E-state index contributed by atoms with van der Waals surface area (Å²) in [6, 6.07) is 0.00370. The summed E-state index contributed by atoms with van der Waals surface area (Å²) in [6.07, 6.45) is -3.44. The monoisotopic (exact) mass is 436 g/mol. The molecule has 9 heteroatoms. The van der Waals surface area contributed by atoms with Gasteiger partial charge in [-0.25, -0.2) is 0 Å². The number of halogens is 4. The molecule has 2 aliphatic rings. The Labute approximate surface area is 146 Å². The maximum absolute atomic E-state index is 12.4. The van der Waals surface area contributed by atoms with Gasteiger partial charge in [0.15, 0.2) is 5.96 Å². The van der Waals surface area contributed by atoms with Gasteiger partial charge in [-0.1, -0.05) is 6.92 Å². The third-order valence-electron chi connectivity index (χ3n) is 3.82. The molecule has 1 atom stereocenters. The molecule has 0 radical (unpaired) electrons. The van der Waals surface area contributed by atoms with Crippen LogP contribution in [0.3, 0.4) is 0 Å². The van der Waals surface area contributed by atoms with Gasteiger partial charge in [0.05, 0.1) is 19.8 Å². The Bertz CT molecular complexity index is 388. The van der Waals surface area contributed by atoms with Crippen LogP contribution in [-0.4, -0.2) is 69.5 Å². The first-order valence-electron chi connectivity index (χ1n) is 7.14. The van der Waals surface area contributed by atoms with E-state index in [1.807, 2.05) is 0 Å². The fourth-order valence-electron chi connectivity index (χ4n) is 2.59. The second-order valence-corrected chi connectivity index (χ2v) is 6.21. The molecule has 22 heavy (non-hydrogen) atoms. The molecule has 0 amide bonds. The maximum Gasteiger partial charge on any atom is 0.401 e. The molecule has 2 aliphatic heterocycles. The molecule has 2 fully saturated rings. The predicted octanol–water partition coefficient (Wildman–Crippen LogP) is 1.44. The lowest BCUT2D eigenvalue weighted by Gasteiger charge is -2.38. The quantitative estimate of drug-likeness (QED) is 0.398. The van der Waals surface area contributed by atoms with E-state index in [-0.39, 0.29) is 35.4 Å². The first-order chi connectivity index (χ1) is 9.80. The topological polar surface area (TPSA) is 48.9 Å². The Morgan fingerprint density at radius 1 is 1.41 bits per heavy atom. The van der Waals surface area contributed by atoms with Crippen molar-refractivity contribution in [3.05, 3.63) is 0 Å². The zero-order chi connectivity index (χ0) is 15.5. The van der Waals surface area contributed by atoms with Crippen molar-refractivity contribution in [1.29, 1.82) is 0 Å². The molecule has 0 aromatic rings. The van der Waals surface area contributed by atoms with Gasteiger partial charge in [-0.2, -0.15) is 13.2 Å². The van der Waals surface area contributed by atoms with Crippen LogP contribution in [0, 0.1) is 5.41 Å². The van der Waals surface area contributed by atoms with Gasteiger partial charge in [0.25, 0.3) is 0 Å². The van der Waals surface area contributed by atoms with E-state index in [2.05, 4.69) is 22.5 Å². The lowest BCUT2D eigenvalue weighted by molar-refractivity contribution is -0.143. The van der Waals surface area contributed by atoms with Crippen molar-refractivity contribution < 1.29 is 17.9 Å². The van der Waals surface area contributed by atoms with Crippen LogP contribution in [0.15, 0.2) is 4.99 Å². The molecular formula is C13H24F3IN4O. The van der Waals surface area contributed by atoms with E-state index < -0.39 is 12.7 Å². The maximum atomic E-state index is 12.4. The third-order valence-corrected chi connectivity index (χ3v) is 3.82. The van der Waals surface area contributed by atoms with Gasteiger partial charge in [-0.05, 0) is 6.42 Å². The van der Waals surface area contributed by atoms with Gasteiger partial charge in [0.2, 0.25) is 0 Å². The minimum absolute atomic E-state index is 0. The van der Waals surface area contributed by atoms with Crippen LogP contribution in [0.5, 0.6) is 0 Å². The van der Waals surface area contributed by atoms with Crippen molar-refractivity contribution in [2.24, 2.45) is 10.4 Å². The molecule has 1 unspecified atom stereocenters. The summed E-state index contributed by atoms with van der Waals surface area (Å²) in [5, 5.41) is 6.41. The second kappa shape index (κ2) is 8.00. The van der Waals surface area contributed by atoms with E-state index in [9.17, 15) is 13.2 Å². The molecule has 0 saturated carbocycles. The van der Waals surface area contributed by atoms with Crippen molar-refractivity contribution >= 4 is 29.9 Å². The van der Waals surface area contributed by atoms with Crippen molar-refractivity contribution in [2.75, 3.05) is 46.4 Å². The highest BCUT2D eigenvalue weighted by molar-refractivity contribution is 14.0. The van der Waals surface area contributed by atoms with Crippen LogP contribution in [0.4, 0.5) is 13.2 Å². The van der Waals surface area contributed by atoms with Gasteiger partial charge in [0, 0.05) is 38.1 Å². The molecule has 5 nitrogen and oxygen atoms in total. The van der Waals surface area contributed by atoms with E-state index in [1.54, 1.807) is 7.05 Å². The van der Waals surface area contributed by atoms with Gasteiger partial charge in [0.1, 0.15) is 0 Å². The van der Waals surface area contributed by atoms with Crippen LogP contribution >= 0.6 is 24.0 Å². The molecule has 2 N–H and O–H groups in total. The van der Waals surface area contributed by atoms with Crippen LogP contribution < -0.4 is 10.6 Å². The van der Waals surface area contributed by atoms with Gasteiger partial charge in [-0.15, -0.1) is 24.0 Å². The second-order valence-electron chi connectivity index (χ2n) is 6.21. The fourth-order valence-corrected chi connectivity index (χ4v) is 2.59. The summed E-state index contributed by atoms with van der Waals surface area (Å²) in [6.45, 7) is 4.32. The molecule has 0 aromatic heterocycles. The molecular weight excluding hydrogens is 412 g/mol. The van der Waals surface area contributed by atoms with Gasteiger partial charge >= 0.3 is 6.18 Å². The number of rotatable bonds is 4.